The van der Waals surface area contributed by atoms with Crippen LogP contribution in [0.25, 0.3) is 0 Å². The number of ketones is 1. The molecule has 0 aromatic heterocycles. The molecule has 3 heteroatoms. The highest BCUT2D eigenvalue weighted by Crippen LogP contribution is 2.25. The summed E-state index contributed by atoms with van der Waals surface area (Å²) < 4.78 is 5.47. The van der Waals surface area contributed by atoms with Gasteiger partial charge in [-0.1, -0.05) is 56.3 Å². The fraction of sp³-hybridized carbons (Fsp3) is 0.278. The molecule has 0 saturated carbocycles. The van der Waals surface area contributed by atoms with E-state index in [0.717, 1.165) is 5.56 Å². The number of carbonyl (C=O) groups is 1. The Morgan fingerprint density at radius 3 is 2.05 bits per heavy atom. The minimum atomic E-state index is 0.174. The van der Waals surface area contributed by atoms with E-state index in [1.165, 1.54) is 0 Å². The second-order valence-electron chi connectivity index (χ2n) is 4.49. The minimum Gasteiger partial charge on any atom is -0.504 e. The highest BCUT2D eigenvalue weighted by atomic mass is 16.5. The lowest BCUT2D eigenvalue weighted by atomic mass is 10.2. The zero-order valence-corrected chi connectivity index (χ0v) is 12.6. The summed E-state index contributed by atoms with van der Waals surface area (Å²) in [5.74, 6) is 1.03. The number of hydrogen-bond acceptors (Lipinski definition) is 3. The summed E-state index contributed by atoms with van der Waals surface area (Å²) in [5, 5.41) is 9.46. The number of ether oxygens (including phenoxy) is 1. The summed E-state index contributed by atoms with van der Waals surface area (Å²) >= 11 is 0. The number of Topliss-reactive ketones (excluding diaryl/α,β-unsaturated/α-hetero) is 1. The molecule has 0 radical (unpaired) electrons. The van der Waals surface area contributed by atoms with Crippen LogP contribution in [0.1, 0.15) is 32.3 Å². The van der Waals surface area contributed by atoms with Gasteiger partial charge < -0.3 is 9.84 Å². The third-order valence-electron chi connectivity index (χ3n) is 2.89. The number of carbonyl (C=O) groups excluding carboxylic acids is 1. The van der Waals surface area contributed by atoms with Crippen LogP contribution in [0.4, 0.5) is 0 Å². The van der Waals surface area contributed by atoms with Crippen molar-refractivity contribution in [2.24, 2.45) is 0 Å². The third-order valence-corrected chi connectivity index (χ3v) is 2.89. The zero-order chi connectivity index (χ0) is 15.5. The number of phenols is 1. The van der Waals surface area contributed by atoms with Gasteiger partial charge in [0.05, 0.1) is 0 Å². The van der Waals surface area contributed by atoms with Crippen LogP contribution >= 0.6 is 0 Å². The van der Waals surface area contributed by atoms with Gasteiger partial charge in [0.15, 0.2) is 11.5 Å². The molecule has 3 nitrogen and oxygen atoms in total. The van der Waals surface area contributed by atoms with Gasteiger partial charge in [-0.2, -0.15) is 0 Å². The molecule has 2 aromatic carbocycles. The van der Waals surface area contributed by atoms with E-state index in [2.05, 4.69) is 0 Å². The van der Waals surface area contributed by atoms with E-state index in [4.69, 9.17) is 4.74 Å². The van der Waals surface area contributed by atoms with Crippen molar-refractivity contribution in [2.75, 3.05) is 0 Å². The van der Waals surface area contributed by atoms with Crippen LogP contribution in [0.3, 0.4) is 0 Å². The molecule has 0 fully saturated rings. The first-order valence-electron chi connectivity index (χ1n) is 7.13. The SMILES string of the molecule is CCC(=O)CC.Oc1ccccc1OCc1ccccc1. The summed E-state index contributed by atoms with van der Waals surface area (Å²) in [7, 11) is 0. The normalized spacial score (nSPS) is 9.43. The van der Waals surface area contributed by atoms with Crippen LogP contribution in [0, 0.1) is 0 Å². The van der Waals surface area contributed by atoms with Crippen molar-refractivity contribution in [1.82, 2.24) is 0 Å². The van der Waals surface area contributed by atoms with E-state index in [-0.39, 0.29) is 5.75 Å². The Hall–Kier alpha value is -2.29. The van der Waals surface area contributed by atoms with E-state index in [0.29, 0.717) is 31.0 Å². The molecule has 0 amide bonds. The molecular formula is C18H22O3. The van der Waals surface area contributed by atoms with E-state index >= 15 is 0 Å². The molecule has 0 atom stereocenters. The van der Waals surface area contributed by atoms with Gasteiger partial charge in [0, 0.05) is 12.8 Å². The maximum atomic E-state index is 10.2. The summed E-state index contributed by atoms with van der Waals surface area (Å²) in [5.41, 5.74) is 1.08. The highest BCUT2D eigenvalue weighted by molar-refractivity contribution is 5.77. The molecule has 0 heterocycles. The Morgan fingerprint density at radius 1 is 0.952 bits per heavy atom. The molecule has 21 heavy (non-hydrogen) atoms. The maximum absolute atomic E-state index is 10.2. The number of phenolic OH excluding ortho intramolecular Hbond substituents is 1. The van der Waals surface area contributed by atoms with Gasteiger partial charge >= 0.3 is 0 Å². The Labute approximate surface area is 126 Å². The van der Waals surface area contributed by atoms with Gasteiger partial charge in [0.25, 0.3) is 0 Å². The molecule has 0 unspecified atom stereocenters. The molecule has 0 saturated heterocycles. The molecule has 2 aromatic rings. The Bertz CT molecular complexity index is 529. The predicted octanol–water partition coefficient (Wildman–Crippen LogP) is 4.35. The molecule has 0 bridgehead atoms. The maximum Gasteiger partial charge on any atom is 0.161 e. The van der Waals surface area contributed by atoms with Crippen LogP contribution < -0.4 is 4.74 Å². The molecule has 0 spiro atoms. The monoisotopic (exact) mass is 286 g/mol. The van der Waals surface area contributed by atoms with Crippen LogP contribution in [0.15, 0.2) is 54.6 Å². The Morgan fingerprint density at radius 2 is 1.52 bits per heavy atom. The number of benzene rings is 2. The molecular weight excluding hydrogens is 264 g/mol. The lowest BCUT2D eigenvalue weighted by Crippen LogP contribution is -1.94. The lowest BCUT2D eigenvalue weighted by Gasteiger charge is -2.07. The summed E-state index contributed by atoms with van der Waals surface area (Å²) in [6, 6.07) is 16.8. The molecule has 0 aliphatic heterocycles. The van der Waals surface area contributed by atoms with Crippen molar-refractivity contribution in [3.05, 3.63) is 60.2 Å². The first-order chi connectivity index (χ1) is 10.2. The summed E-state index contributed by atoms with van der Waals surface area (Å²) in [6.45, 7) is 4.23. The first kappa shape index (κ1) is 16.8. The zero-order valence-electron chi connectivity index (χ0n) is 12.6. The van der Waals surface area contributed by atoms with Crippen molar-refractivity contribution < 1.29 is 14.6 Å². The van der Waals surface area contributed by atoms with Crippen molar-refractivity contribution >= 4 is 5.78 Å². The van der Waals surface area contributed by atoms with Crippen LogP contribution in [-0.2, 0) is 11.4 Å². The van der Waals surface area contributed by atoms with Crippen molar-refractivity contribution in [2.45, 2.75) is 33.3 Å². The Kier molecular flexibility index (Phi) is 7.65. The Balaban J connectivity index is 0.000000315. The lowest BCUT2D eigenvalue weighted by molar-refractivity contribution is -0.118. The van der Waals surface area contributed by atoms with Gasteiger partial charge in [-0.25, -0.2) is 0 Å². The van der Waals surface area contributed by atoms with Crippen LogP contribution in [0.2, 0.25) is 0 Å². The average molecular weight is 286 g/mol. The average Bonchev–Trinajstić information content (AvgIpc) is 2.55. The van der Waals surface area contributed by atoms with Crippen molar-refractivity contribution in [3.63, 3.8) is 0 Å². The molecule has 0 aliphatic carbocycles. The number of hydrogen-bond donors (Lipinski definition) is 1. The fourth-order valence-corrected chi connectivity index (χ4v) is 1.56. The van der Waals surface area contributed by atoms with Gasteiger partial charge in [-0.05, 0) is 17.7 Å². The second kappa shape index (κ2) is 9.59. The standard InChI is InChI=1S/C13H12O2.C5H10O/c14-12-8-4-5-9-13(12)15-10-11-6-2-1-3-7-11;1-3-5(6)4-2/h1-9,14H,10H2;3-4H2,1-2H3. The first-order valence-corrected chi connectivity index (χ1v) is 7.13. The quantitative estimate of drug-likeness (QED) is 0.889. The number of rotatable bonds is 5. The predicted molar refractivity (Wildman–Crippen MR) is 84.5 cm³/mol. The van der Waals surface area contributed by atoms with Crippen LogP contribution in [-0.4, -0.2) is 10.9 Å². The van der Waals surface area contributed by atoms with Crippen molar-refractivity contribution in [3.8, 4) is 11.5 Å². The molecule has 1 N–H and O–H groups in total. The van der Waals surface area contributed by atoms with Crippen LogP contribution in [0.5, 0.6) is 11.5 Å². The second-order valence-corrected chi connectivity index (χ2v) is 4.49. The van der Waals surface area contributed by atoms with E-state index in [9.17, 15) is 9.90 Å². The largest absolute Gasteiger partial charge is 0.504 e. The molecule has 112 valence electrons. The minimum absolute atomic E-state index is 0.174. The van der Waals surface area contributed by atoms with Gasteiger partial charge in [0.1, 0.15) is 12.4 Å². The topological polar surface area (TPSA) is 46.5 Å². The molecule has 2 rings (SSSR count). The van der Waals surface area contributed by atoms with Gasteiger partial charge in [-0.3, -0.25) is 4.79 Å². The van der Waals surface area contributed by atoms with E-state index < -0.39 is 0 Å². The smallest absolute Gasteiger partial charge is 0.161 e. The molecule has 0 aliphatic rings. The number of aromatic hydroxyl groups is 1. The van der Waals surface area contributed by atoms with E-state index in [1.807, 2.05) is 50.2 Å². The third kappa shape index (κ3) is 6.61. The van der Waals surface area contributed by atoms with Gasteiger partial charge in [0.2, 0.25) is 0 Å². The van der Waals surface area contributed by atoms with Crippen molar-refractivity contribution in [1.29, 1.82) is 0 Å². The summed E-state index contributed by atoms with van der Waals surface area (Å²) in [4.78, 5) is 10.2. The number of para-hydroxylation sites is 2. The van der Waals surface area contributed by atoms with E-state index in [1.54, 1.807) is 18.2 Å². The fourth-order valence-electron chi connectivity index (χ4n) is 1.56. The summed E-state index contributed by atoms with van der Waals surface area (Å²) in [6.07, 6.45) is 1.38. The van der Waals surface area contributed by atoms with Gasteiger partial charge in [-0.15, -0.1) is 0 Å². The highest BCUT2D eigenvalue weighted by Gasteiger charge is 1.99.